The quantitative estimate of drug-likeness (QED) is 0.601. The average Bonchev–Trinajstić information content (AvgIpc) is 3.06. The van der Waals surface area contributed by atoms with Gasteiger partial charge in [0.2, 0.25) is 0 Å². The van der Waals surface area contributed by atoms with Crippen LogP contribution in [0.15, 0.2) is 24.3 Å². The van der Waals surface area contributed by atoms with E-state index in [2.05, 4.69) is 10.6 Å². The van der Waals surface area contributed by atoms with Crippen LogP contribution in [0, 0.1) is 0 Å². The zero-order valence-corrected chi connectivity index (χ0v) is 18.2. The number of anilines is 1. The molecule has 1 aromatic carbocycles. The van der Waals surface area contributed by atoms with Crippen LogP contribution in [0.25, 0.3) is 0 Å². The Bertz CT molecular complexity index is 922. The number of hydrogen-bond acceptors (Lipinski definition) is 5. The molecule has 0 aliphatic heterocycles. The van der Waals surface area contributed by atoms with E-state index in [1.807, 2.05) is 13.8 Å². The molecular weight excluding hydrogens is 406 g/mol. The van der Waals surface area contributed by atoms with Crippen molar-refractivity contribution in [3.8, 4) is 5.75 Å². The summed E-state index contributed by atoms with van der Waals surface area (Å²) >= 11 is 6.77. The van der Waals surface area contributed by atoms with E-state index in [0.29, 0.717) is 21.9 Å². The van der Waals surface area contributed by atoms with Gasteiger partial charge < -0.3 is 15.8 Å². The minimum Gasteiger partial charge on any atom is -0.491 e. The first kappa shape index (κ1) is 21.3. The number of thiocarbonyl (C=S) groups is 1. The third kappa shape index (κ3) is 5.13. The van der Waals surface area contributed by atoms with Gasteiger partial charge in [-0.2, -0.15) is 0 Å². The van der Waals surface area contributed by atoms with Crippen molar-refractivity contribution in [1.82, 2.24) is 5.32 Å². The Morgan fingerprint density at radius 3 is 2.59 bits per heavy atom. The monoisotopic (exact) mass is 431 g/mol. The number of ether oxygens (including phenoxy) is 1. The molecular formula is C21H25N3O3S2. The number of thiophene rings is 1. The first-order valence-electron chi connectivity index (χ1n) is 9.72. The zero-order chi connectivity index (χ0) is 21.0. The van der Waals surface area contributed by atoms with E-state index in [1.165, 1.54) is 16.2 Å². The number of nitrogens with one attached hydrogen (secondary N) is 2. The lowest BCUT2D eigenvalue weighted by molar-refractivity contribution is 0.0975. The highest BCUT2D eigenvalue weighted by Gasteiger charge is 2.24. The number of carbonyl (C=O) groups is 2. The zero-order valence-electron chi connectivity index (χ0n) is 16.5. The second kappa shape index (κ2) is 9.37. The number of rotatable bonds is 6. The maximum atomic E-state index is 12.5. The predicted octanol–water partition coefficient (Wildman–Crippen LogP) is 4.03. The van der Waals surface area contributed by atoms with Crippen LogP contribution in [0.4, 0.5) is 5.00 Å². The largest absolute Gasteiger partial charge is 0.491 e. The summed E-state index contributed by atoms with van der Waals surface area (Å²) in [5, 5.41) is 6.38. The molecule has 0 bridgehead atoms. The van der Waals surface area contributed by atoms with E-state index in [0.717, 1.165) is 37.7 Å². The van der Waals surface area contributed by atoms with Crippen molar-refractivity contribution in [1.29, 1.82) is 0 Å². The lowest BCUT2D eigenvalue weighted by atomic mass is 9.95. The van der Waals surface area contributed by atoms with Gasteiger partial charge in [-0.1, -0.05) is 6.92 Å². The minimum atomic E-state index is -0.474. The van der Waals surface area contributed by atoms with Crippen molar-refractivity contribution in [2.45, 2.75) is 52.1 Å². The highest BCUT2D eigenvalue weighted by Crippen LogP contribution is 2.37. The predicted molar refractivity (Wildman–Crippen MR) is 120 cm³/mol. The number of primary amides is 1. The van der Waals surface area contributed by atoms with Gasteiger partial charge in [-0.3, -0.25) is 14.9 Å². The Labute approximate surface area is 179 Å². The van der Waals surface area contributed by atoms with Crippen molar-refractivity contribution in [2.75, 3.05) is 5.32 Å². The van der Waals surface area contributed by atoms with Crippen molar-refractivity contribution < 1.29 is 14.3 Å². The van der Waals surface area contributed by atoms with Crippen molar-refractivity contribution in [2.24, 2.45) is 5.73 Å². The summed E-state index contributed by atoms with van der Waals surface area (Å²) in [6, 6.07) is 6.90. The minimum absolute atomic E-state index is 0.113. The summed E-state index contributed by atoms with van der Waals surface area (Å²) in [7, 11) is 0. The summed E-state index contributed by atoms with van der Waals surface area (Å²) < 4.78 is 5.72. The third-order valence-corrected chi connectivity index (χ3v) is 6.31. The number of carbonyl (C=O) groups excluding carboxylic acids is 2. The van der Waals surface area contributed by atoms with Gasteiger partial charge in [0.25, 0.3) is 11.8 Å². The molecule has 1 heterocycles. The SMILES string of the molecule is CCC(C)Oc1ccc(C(=O)NC(=S)Nc2sc3c(c2C(N)=O)CCCC3)cc1. The second-order valence-corrected chi connectivity index (χ2v) is 8.56. The van der Waals surface area contributed by atoms with Gasteiger partial charge in [-0.15, -0.1) is 11.3 Å². The van der Waals surface area contributed by atoms with Gasteiger partial charge >= 0.3 is 0 Å². The Balaban J connectivity index is 1.66. The van der Waals surface area contributed by atoms with Crippen LogP contribution in [0.2, 0.25) is 0 Å². The number of fused-ring (bicyclic) bond motifs is 1. The van der Waals surface area contributed by atoms with Crippen molar-refractivity contribution >= 4 is 45.5 Å². The number of amides is 2. The summed E-state index contributed by atoms with van der Waals surface area (Å²) in [5.41, 5.74) is 7.57. The fraction of sp³-hybridized carbons (Fsp3) is 0.381. The van der Waals surface area contributed by atoms with E-state index in [4.69, 9.17) is 22.7 Å². The Morgan fingerprint density at radius 1 is 1.24 bits per heavy atom. The summed E-state index contributed by atoms with van der Waals surface area (Å²) in [6.45, 7) is 4.04. The fourth-order valence-electron chi connectivity index (χ4n) is 3.22. The van der Waals surface area contributed by atoms with Crippen LogP contribution in [0.1, 0.15) is 64.3 Å². The normalized spacial score (nSPS) is 13.9. The Hall–Kier alpha value is -2.45. The van der Waals surface area contributed by atoms with Gasteiger partial charge in [-0.25, -0.2) is 0 Å². The molecule has 1 unspecified atom stereocenters. The molecule has 6 nitrogen and oxygen atoms in total. The highest BCUT2D eigenvalue weighted by atomic mass is 32.1. The van der Waals surface area contributed by atoms with Gasteiger partial charge in [-0.05, 0) is 81.1 Å². The van der Waals surface area contributed by atoms with Crippen LogP contribution in [-0.2, 0) is 12.8 Å². The Kier molecular flexibility index (Phi) is 6.87. The van der Waals surface area contributed by atoms with Crippen LogP contribution in [0.3, 0.4) is 0 Å². The molecule has 154 valence electrons. The van der Waals surface area contributed by atoms with Crippen LogP contribution < -0.4 is 21.1 Å². The molecule has 0 fully saturated rings. The molecule has 1 aliphatic rings. The maximum Gasteiger partial charge on any atom is 0.257 e. The molecule has 29 heavy (non-hydrogen) atoms. The molecule has 3 rings (SSSR count). The standard InChI is InChI=1S/C21H25N3O3S2/c1-3-12(2)27-14-10-8-13(9-11-14)19(26)23-21(28)24-20-17(18(22)25)15-6-4-5-7-16(15)29-20/h8-12H,3-7H2,1-2H3,(H2,22,25)(H2,23,24,26,28). The van der Waals surface area contributed by atoms with Gasteiger partial charge in [0.1, 0.15) is 10.8 Å². The molecule has 1 aromatic heterocycles. The van der Waals surface area contributed by atoms with Crippen LogP contribution in [-0.4, -0.2) is 23.0 Å². The van der Waals surface area contributed by atoms with Crippen molar-refractivity contribution in [3.05, 3.63) is 45.8 Å². The van der Waals surface area contributed by atoms with E-state index in [1.54, 1.807) is 24.3 Å². The molecule has 0 saturated heterocycles. The molecule has 0 spiro atoms. The van der Waals surface area contributed by atoms with Crippen LogP contribution >= 0.6 is 23.6 Å². The summed E-state index contributed by atoms with van der Waals surface area (Å²) in [6.07, 6.45) is 4.94. The topological polar surface area (TPSA) is 93.4 Å². The fourth-order valence-corrected chi connectivity index (χ4v) is 4.78. The molecule has 4 N–H and O–H groups in total. The number of aryl methyl sites for hydroxylation is 1. The molecule has 0 radical (unpaired) electrons. The first-order chi connectivity index (χ1) is 13.9. The lowest BCUT2D eigenvalue weighted by Gasteiger charge is -2.13. The number of hydrogen-bond donors (Lipinski definition) is 3. The smallest absolute Gasteiger partial charge is 0.257 e. The van der Waals surface area contributed by atoms with E-state index in [9.17, 15) is 9.59 Å². The Morgan fingerprint density at radius 2 is 1.93 bits per heavy atom. The first-order valence-corrected chi connectivity index (χ1v) is 10.9. The molecule has 8 heteroatoms. The summed E-state index contributed by atoms with van der Waals surface area (Å²) in [5.74, 6) is -0.0932. The third-order valence-electron chi connectivity index (χ3n) is 4.90. The van der Waals surface area contributed by atoms with Crippen molar-refractivity contribution in [3.63, 3.8) is 0 Å². The van der Waals surface area contributed by atoms with Gasteiger partial charge in [0, 0.05) is 10.4 Å². The molecule has 2 amide bonds. The second-order valence-electron chi connectivity index (χ2n) is 7.05. The van der Waals surface area contributed by atoms with E-state index < -0.39 is 5.91 Å². The molecule has 1 atom stereocenters. The van der Waals surface area contributed by atoms with E-state index in [-0.39, 0.29) is 17.1 Å². The molecule has 2 aromatic rings. The highest BCUT2D eigenvalue weighted by molar-refractivity contribution is 7.80. The molecule has 1 aliphatic carbocycles. The number of benzene rings is 1. The molecule has 0 saturated carbocycles. The van der Waals surface area contributed by atoms with E-state index >= 15 is 0 Å². The number of nitrogens with two attached hydrogens (primary N) is 1. The van der Waals surface area contributed by atoms with Gasteiger partial charge in [0.15, 0.2) is 5.11 Å². The average molecular weight is 432 g/mol. The van der Waals surface area contributed by atoms with Gasteiger partial charge in [0.05, 0.1) is 11.7 Å². The van der Waals surface area contributed by atoms with Crippen LogP contribution in [0.5, 0.6) is 5.75 Å². The summed E-state index contributed by atoms with van der Waals surface area (Å²) in [4.78, 5) is 25.6. The lowest BCUT2D eigenvalue weighted by Crippen LogP contribution is -2.34. The maximum absolute atomic E-state index is 12.5.